The molecule has 7 heteroatoms. The third-order valence-electron chi connectivity index (χ3n) is 2.94. The van der Waals surface area contributed by atoms with Crippen molar-refractivity contribution in [2.24, 2.45) is 0 Å². The van der Waals surface area contributed by atoms with Gasteiger partial charge in [0.15, 0.2) is 0 Å². The van der Waals surface area contributed by atoms with Gasteiger partial charge in [-0.15, -0.1) is 11.6 Å². The highest BCUT2D eigenvalue weighted by molar-refractivity contribution is 6.29. The minimum atomic E-state index is -2.58. The van der Waals surface area contributed by atoms with Gasteiger partial charge in [0.1, 0.15) is 17.5 Å². The summed E-state index contributed by atoms with van der Waals surface area (Å²) in [5.74, 6) is -2.12. The van der Waals surface area contributed by atoms with Gasteiger partial charge < -0.3 is 10.2 Å². The van der Waals surface area contributed by atoms with Crippen LogP contribution in [0.3, 0.4) is 0 Å². The van der Waals surface area contributed by atoms with Crippen molar-refractivity contribution in [1.29, 1.82) is 0 Å². The molecule has 1 fully saturated rings. The molecule has 1 amide bonds. The highest BCUT2D eigenvalue weighted by Gasteiger charge is 2.34. The van der Waals surface area contributed by atoms with Crippen molar-refractivity contribution in [3.63, 3.8) is 0 Å². The number of hydrogen-bond donors (Lipinski definition) is 1. The molecular weight excluding hydrogens is 276 g/mol. The highest BCUT2D eigenvalue weighted by atomic mass is 35.5. The number of carbonyl (C=O) groups is 1. The summed E-state index contributed by atoms with van der Waals surface area (Å²) in [6.07, 6.45) is -0.347. The molecule has 2 rings (SSSR count). The first-order valence-electron chi connectivity index (χ1n) is 5.96. The number of halogens is 3. The molecule has 0 aromatic carbocycles. The standard InChI is InChI=1S/C12H14ClF2N3O/c13-8-11(19)17-9-2-1-3-10(16-9)18-6-4-12(14,15)5-7-18/h1-3H,4-8H2,(H,16,17,19). The van der Waals surface area contributed by atoms with Crippen LogP contribution in [-0.2, 0) is 4.79 Å². The molecular formula is C12H14ClF2N3O. The Hall–Kier alpha value is -1.43. The zero-order valence-electron chi connectivity index (χ0n) is 10.2. The number of rotatable bonds is 3. The Morgan fingerprint density at radius 1 is 1.42 bits per heavy atom. The number of nitrogens with one attached hydrogen (secondary N) is 1. The average molecular weight is 290 g/mol. The zero-order valence-corrected chi connectivity index (χ0v) is 11.0. The van der Waals surface area contributed by atoms with Crippen LogP contribution in [0, 0.1) is 0 Å². The summed E-state index contributed by atoms with van der Waals surface area (Å²) in [7, 11) is 0. The fraction of sp³-hybridized carbons (Fsp3) is 0.500. The second-order valence-electron chi connectivity index (χ2n) is 4.41. The summed E-state index contributed by atoms with van der Waals surface area (Å²) in [6.45, 7) is 0.514. The number of pyridine rings is 1. The van der Waals surface area contributed by atoms with Gasteiger partial charge in [0.25, 0.3) is 5.92 Å². The van der Waals surface area contributed by atoms with Gasteiger partial charge in [-0.05, 0) is 12.1 Å². The molecule has 1 aromatic rings. The van der Waals surface area contributed by atoms with Crippen LogP contribution >= 0.6 is 11.6 Å². The monoisotopic (exact) mass is 289 g/mol. The summed E-state index contributed by atoms with van der Waals surface area (Å²) in [4.78, 5) is 17.2. The molecule has 0 radical (unpaired) electrons. The topological polar surface area (TPSA) is 45.2 Å². The van der Waals surface area contributed by atoms with Gasteiger partial charge in [-0.25, -0.2) is 13.8 Å². The SMILES string of the molecule is O=C(CCl)Nc1cccc(N2CCC(F)(F)CC2)n1. The van der Waals surface area contributed by atoms with Gasteiger partial charge in [-0.3, -0.25) is 4.79 Å². The van der Waals surface area contributed by atoms with Gasteiger partial charge in [-0.1, -0.05) is 6.07 Å². The molecule has 1 N–H and O–H groups in total. The van der Waals surface area contributed by atoms with Crippen LogP contribution in [0.4, 0.5) is 20.4 Å². The van der Waals surface area contributed by atoms with E-state index in [0.29, 0.717) is 11.6 Å². The van der Waals surface area contributed by atoms with Crippen LogP contribution in [0.5, 0.6) is 0 Å². The number of amides is 1. The molecule has 104 valence electrons. The Kier molecular flexibility index (Phi) is 4.19. The van der Waals surface area contributed by atoms with Crippen molar-refractivity contribution >= 4 is 29.1 Å². The van der Waals surface area contributed by atoms with E-state index in [2.05, 4.69) is 10.3 Å². The van der Waals surface area contributed by atoms with E-state index >= 15 is 0 Å². The van der Waals surface area contributed by atoms with E-state index in [0.717, 1.165) is 0 Å². The van der Waals surface area contributed by atoms with Crippen molar-refractivity contribution in [3.05, 3.63) is 18.2 Å². The Bertz CT molecular complexity index is 460. The third-order valence-corrected chi connectivity index (χ3v) is 3.18. The number of piperidine rings is 1. The number of aromatic nitrogens is 1. The second kappa shape index (κ2) is 5.69. The van der Waals surface area contributed by atoms with Crippen LogP contribution in [-0.4, -0.2) is 35.8 Å². The van der Waals surface area contributed by atoms with Gasteiger partial charge in [0.05, 0.1) is 0 Å². The van der Waals surface area contributed by atoms with Crippen molar-refractivity contribution in [2.75, 3.05) is 29.2 Å². The van der Waals surface area contributed by atoms with Crippen molar-refractivity contribution < 1.29 is 13.6 Å². The molecule has 0 unspecified atom stereocenters. The molecule has 4 nitrogen and oxygen atoms in total. The lowest BCUT2D eigenvalue weighted by Gasteiger charge is -2.32. The fourth-order valence-corrected chi connectivity index (χ4v) is 1.98. The highest BCUT2D eigenvalue weighted by Crippen LogP contribution is 2.29. The third kappa shape index (κ3) is 3.76. The van der Waals surface area contributed by atoms with Crippen molar-refractivity contribution in [1.82, 2.24) is 4.98 Å². The number of carbonyl (C=O) groups excluding carboxylic acids is 1. The van der Waals surface area contributed by atoms with Crippen molar-refractivity contribution in [3.8, 4) is 0 Å². The van der Waals surface area contributed by atoms with Gasteiger partial charge in [0.2, 0.25) is 5.91 Å². The lowest BCUT2D eigenvalue weighted by atomic mass is 10.1. The summed E-state index contributed by atoms with van der Waals surface area (Å²) in [5, 5.41) is 2.53. The number of nitrogens with zero attached hydrogens (tertiary/aromatic N) is 2. The Morgan fingerprint density at radius 3 is 2.74 bits per heavy atom. The molecule has 1 saturated heterocycles. The van der Waals surface area contributed by atoms with E-state index in [4.69, 9.17) is 11.6 Å². The first-order chi connectivity index (χ1) is 9.00. The molecule has 2 heterocycles. The van der Waals surface area contributed by atoms with Crippen LogP contribution < -0.4 is 10.2 Å². The van der Waals surface area contributed by atoms with Crippen LogP contribution in [0.1, 0.15) is 12.8 Å². The maximum Gasteiger partial charge on any atom is 0.251 e. The summed E-state index contributed by atoms with van der Waals surface area (Å²) >= 11 is 5.39. The molecule has 0 aliphatic carbocycles. The van der Waals surface area contributed by atoms with E-state index in [-0.39, 0.29) is 37.7 Å². The van der Waals surface area contributed by atoms with E-state index in [9.17, 15) is 13.6 Å². The summed E-state index contributed by atoms with van der Waals surface area (Å²) in [5.41, 5.74) is 0. The van der Waals surface area contributed by atoms with Crippen LogP contribution in [0.2, 0.25) is 0 Å². The lowest BCUT2D eigenvalue weighted by molar-refractivity contribution is -0.113. The predicted molar refractivity (Wildman–Crippen MR) is 70.0 cm³/mol. The van der Waals surface area contributed by atoms with Crippen LogP contribution in [0.15, 0.2) is 18.2 Å². The average Bonchev–Trinajstić information content (AvgIpc) is 2.39. The number of hydrogen-bond acceptors (Lipinski definition) is 3. The first kappa shape index (κ1) is 14.0. The minimum absolute atomic E-state index is 0.151. The molecule has 1 aliphatic rings. The van der Waals surface area contributed by atoms with Crippen LogP contribution in [0.25, 0.3) is 0 Å². The largest absolute Gasteiger partial charge is 0.356 e. The van der Waals surface area contributed by atoms with Gasteiger partial charge >= 0.3 is 0 Å². The quantitative estimate of drug-likeness (QED) is 0.870. The Balaban J connectivity index is 2.05. The van der Waals surface area contributed by atoms with Crippen molar-refractivity contribution in [2.45, 2.75) is 18.8 Å². The number of alkyl halides is 3. The second-order valence-corrected chi connectivity index (χ2v) is 4.67. The number of anilines is 2. The molecule has 1 aliphatic heterocycles. The lowest BCUT2D eigenvalue weighted by Crippen LogP contribution is -2.39. The Labute approximate surface area is 114 Å². The molecule has 19 heavy (non-hydrogen) atoms. The fourth-order valence-electron chi connectivity index (χ4n) is 1.91. The Morgan fingerprint density at radius 2 is 2.11 bits per heavy atom. The summed E-state index contributed by atoms with van der Waals surface area (Å²) in [6, 6.07) is 5.09. The molecule has 0 saturated carbocycles. The maximum absolute atomic E-state index is 13.1. The smallest absolute Gasteiger partial charge is 0.251 e. The summed E-state index contributed by atoms with van der Waals surface area (Å²) < 4.78 is 26.1. The van der Waals surface area contributed by atoms with E-state index in [1.807, 2.05) is 0 Å². The van der Waals surface area contributed by atoms with Gasteiger partial charge in [-0.2, -0.15) is 0 Å². The van der Waals surface area contributed by atoms with E-state index < -0.39 is 5.92 Å². The maximum atomic E-state index is 13.1. The zero-order chi connectivity index (χ0) is 13.9. The van der Waals surface area contributed by atoms with Gasteiger partial charge in [0, 0.05) is 25.9 Å². The minimum Gasteiger partial charge on any atom is -0.356 e. The molecule has 0 atom stereocenters. The molecule has 0 bridgehead atoms. The predicted octanol–water partition coefficient (Wildman–Crippen LogP) is 2.49. The normalized spacial score (nSPS) is 18.2. The van der Waals surface area contributed by atoms with E-state index in [1.165, 1.54) is 0 Å². The molecule has 0 spiro atoms. The first-order valence-corrected chi connectivity index (χ1v) is 6.49. The van der Waals surface area contributed by atoms with E-state index in [1.54, 1.807) is 23.1 Å². The molecule has 1 aromatic heterocycles.